The number of amides is 1. The molecule has 5 nitrogen and oxygen atoms in total. The minimum absolute atomic E-state index is 0. The Hall–Kier alpha value is -0.810. The summed E-state index contributed by atoms with van der Waals surface area (Å²) in [7, 11) is 0. The van der Waals surface area contributed by atoms with Crippen molar-refractivity contribution in [3.05, 3.63) is 0 Å². The Kier molecular flexibility index (Phi) is 7.08. The highest BCUT2D eigenvalue weighted by Gasteiger charge is 2.27. The van der Waals surface area contributed by atoms with Crippen LogP contribution in [0.15, 0.2) is 0 Å². The van der Waals surface area contributed by atoms with Gasteiger partial charge in [0.15, 0.2) is 0 Å². The highest BCUT2D eigenvalue weighted by molar-refractivity contribution is 5.85. The molecule has 1 fully saturated rings. The van der Waals surface area contributed by atoms with Gasteiger partial charge in [0.2, 0.25) is 5.91 Å². The maximum atomic E-state index is 11.4. The average molecular weight is 251 g/mol. The Labute approximate surface area is 101 Å². The van der Waals surface area contributed by atoms with Crippen molar-refractivity contribution in [3.8, 4) is 0 Å². The van der Waals surface area contributed by atoms with Crippen LogP contribution < -0.4 is 11.1 Å². The lowest BCUT2D eigenvalue weighted by molar-refractivity contribution is -0.145. The zero-order valence-electron chi connectivity index (χ0n) is 9.40. The summed E-state index contributed by atoms with van der Waals surface area (Å²) in [5, 5.41) is 2.76. The number of nitrogens with two attached hydrogens (primary N) is 1. The van der Waals surface area contributed by atoms with Crippen LogP contribution in [0.3, 0.4) is 0 Å². The topological polar surface area (TPSA) is 81.4 Å². The van der Waals surface area contributed by atoms with Crippen LogP contribution in [0.2, 0.25) is 0 Å². The van der Waals surface area contributed by atoms with Crippen LogP contribution >= 0.6 is 12.4 Å². The molecule has 1 amide bonds. The molecule has 0 saturated carbocycles. The lowest BCUT2D eigenvalue weighted by Gasteiger charge is -2.23. The molecule has 16 heavy (non-hydrogen) atoms. The predicted molar refractivity (Wildman–Crippen MR) is 62.2 cm³/mol. The van der Waals surface area contributed by atoms with Crippen LogP contribution in [0.5, 0.6) is 0 Å². The normalized spacial score (nSPS) is 21.6. The number of piperidine rings is 1. The number of halogens is 1. The van der Waals surface area contributed by atoms with Crippen LogP contribution in [0.4, 0.5) is 0 Å². The summed E-state index contributed by atoms with van der Waals surface area (Å²) in [4.78, 5) is 22.6. The Morgan fingerprint density at radius 2 is 2.38 bits per heavy atom. The molecule has 0 bridgehead atoms. The lowest BCUT2D eigenvalue weighted by Crippen LogP contribution is -2.42. The van der Waals surface area contributed by atoms with Gasteiger partial charge in [-0.1, -0.05) is 0 Å². The Bertz CT molecular complexity index is 248. The summed E-state index contributed by atoms with van der Waals surface area (Å²) in [6.07, 6.45) is 2.13. The van der Waals surface area contributed by atoms with Crippen LogP contribution in [0.1, 0.15) is 26.2 Å². The maximum Gasteiger partial charge on any atom is 0.322 e. The summed E-state index contributed by atoms with van der Waals surface area (Å²) in [6, 6.07) is -0.682. The van der Waals surface area contributed by atoms with Gasteiger partial charge in [0.05, 0.1) is 6.61 Å². The van der Waals surface area contributed by atoms with Crippen molar-refractivity contribution in [3.63, 3.8) is 0 Å². The minimum atomic E-state index is -0.682. The van der Waals surface area contributed by atoms with Crippen molar-refractivity contribution in [1.29, 1.82) is 0 Å². The molecule has 94 valence electrons. The summed E-state index contributed by atoms with van der Waals surface area (Å²) in [5.74, 6) is -0.560. The first-order valence-electron chi connectivity index (χ1n) is 5.35. The van der Waals surface area contributed by atoms with Gasteiger partial charge in [-0.25, -0.2) is 0 Å². The first-order chi connectivity index (χ1) is 7.15. The summed E-state index contributed by atoms with van der Waals surface area (Å²) in [6.45, 7) is 2.78. The molecule has 0 aromatic heterocycles. The lowest BCUT2D eigenvalue weighted by atomic mass is 9.92. The predicted octanol–water partition coefficient (Wildman–Crippen LogP) is 0.215. The van der Waals surface area contributed by atoms with Crippen LogP contribution in [-0.4, -0.2) is 31.1 Å². The number of nitrogens with one attached hydrogen (secondary N) is 1. The van der Waals surface area contributed by atoms with Gasteiger partial charge in [-0.15, -0.1) is 12.4 Å². The van der Waals surface area contributed by atoms with Gasteiger partial charge in [-0.2, -0.15) is 0 Å². The molecule has 0 spiro atoms. The van der Waals surface area contributed by atoms with E-state index in [9.17, 15) is 9.59 Å². The molecule has 2 atom stereocenters. The number of carbonyl (C=O) groups excluding carboxylic acids is 2. The molecule has 1 aliphatic heterocycles. The molecule has 3 N–H and O–H groups in total. The number of hydrogen-bond donors (Lipinski definition) is 2. The van der Waals surface area contributed by atoms with Gasteiger partial charge in [0, 0.05) is 12.5 Å². The number of carbonyl (C=O) groups is 2. The van der Waals surface area contributed by atoms with Gasteiger partial charge >= 0.3 is 5.97 Å². The van der Waals surface area contributed by atoms with E-state index < -0.39 is 12.0 Å². The van der Waals surface area contributed by atoms with Crippen molar-refractivity contribution in [2.45, 2.75) is 32.2 Å². The standard InChI is InChI=1S/C10H18N2O3.ClH/c1-2-15-10(14)8(11)6-7-4-3-5-12-9(7)13;/h7-8H,2-6,11H2,1H3,(H,12,13);1H. The fraction of sp³-hybridized carbons (Fsp3) is 0.800. The third kappa shape index (κ3) is 4.37. The van der Waals surface area contributed by atoms with E-state index in [4.69, 9.17) is 10.5 Å². The van der Waals surface area contributed by atoms with E-state index in [1.54, 1.807) is 6.92 Å². The molecule has 2 unspecified atom stereocenters. The number of ether oxygens (including phenoxy) is 1. The fourth-order valence-corrected chi connectivity index (χ4v) is 1.71. The molecule has 1 rings (SSSR count). The zero-order valence-corrected chi connectivity index (χ0v) is 10.2. The SMILES string of the molecule is CCOC(=O)C(N)CC1CCCNC1=O.Cl. The van der Waals surface area contributed by atoms with Gasteiger partial charge in [0.25, 0.3) is 0 Å². The van der Waals surface area contributed by atoms with Gasteiger partial charge in [-0.3, -0.25) is 9.59 Å². The van der Waals surface area contributed by atoms with E-state index in [2.05, 4.69) is 5.32 Å². The summed E-state index contributed by atoms with van der Waals surface area (Å²) < 4.78 is 4.78. The molecular weight excluding hydrogens is 232 g/mol. The summed E-state index contributed by atoms with van der Waals surface area (Å²) >= 11 is 0. The Morgan fingerprint density at radius 1 is 1.69 bits per heavy atom. The zero-order chi connectivity index (χ0) is 11.3. The van der Waals surface area contributed by atoms with Gasteiger partial charge < -0.3 is 15.8 Å². The van der Waals surface area contributed by atoms with Crippen LogP contribution in [-0.2, 0) is 14.3 Å². The van der Waals surface area contributed by atoms with Gasteiger partial charge in [-0.05, 0) is 26.2 Å². The second kappa shape index (κ2) is 7.46. The van der Waals surface area contributed by atoms with E-state index >= 15 is 0 Å². The second-order valence-electron chi connectivity index (χ2n) is 3.72. The molecule has 0 aromatic carbocycles. The molecule has 0 aromatic rings. The summed E-state index contributed by atoms with van der Waals surface area (Å²) in [5.41, 5.74) is 5.64. The van der Waals surface area contributed by atoms with E-state index in [1.807, 2.05) is 0 Å². The number of esters is 1. The molecule has 1 saturated heterocycles. The molecular formula is C10H19ClN2O3. The maximum absolute atomic E-state index is 11.4. The van der Waals surface area contributed by atoms with Crippen LogP contribution in [0.25, 0.3) is 0 Å². The molecule has 0 aliphatic carbocycles. The Balaban J connectivity index is 0.00000225. The average Bonchev–Trinajstić information content (AvgIpc) is 2.21. The minimum Gasteiger partial charge on any atom is -0.465 e. The number of rotatable bonds is 4. The first kappa shape index (κ1) is 15.2. The van der Waals surface area contributed by atoms with Crippen molar-refractivity contribution in [2.24, 2.45) is 11.7 Å². The van der Waals surface area contributed by atoms with E-state index in [-0.39, 0.29) is 24.2 Å². The highest BCUT2D eigenvalue weighted by Crippen LogP contribution is 2.16. The Morgan fingerprint density at radius 3 is 2.94 bits per heavy atom. The smallest absolute Gasteiger partial charge is 0.322 e. The fourth-order valence-electron chi connectivity index (χ4n) is 1.71. The monoisotopic (exact) mass is 250 g/mol. The molecule has 6 heteroatoms. The van der Waals surface area contributed by atoms with Crippen molar-refractivity contribution < 1.29 is 14.3 Å². The molecule has 1 heterocycles. The van der Waals surface area contributed by atoms with E-state index in [1.165, 1.54) is 0 Å². The van der Waals surface area contributed by atoms with Gasteiger partial charge in [0.1, 0.15) is 6.04 Å². The third-order valence-corrected chi connectivity index (χ3v) is 2.53. The quantitative estimate of drug-likeness (QED) is 0.699. The van der Waals surface area contributed by atoms with Crippen LogP contribution in [0, 0.1) is 5.92 Å². The number of hydrogen-bond acceptors (Lipinski definition) is 4. The molecule has 1 aliphatic rings. The molecule has 0 radical (unpaired) electrons. The second-order valence-corrected chi connectivity index (χ2v) is 3.72. The largest absolute Gasteiger partial charge is 0.465 e. The van der Waals surface area contributed by atoms with Crippen molar-refractivity contribution in [2.75, 3.05) is 13.2 Å². The first-order valence-corrected chi connectivity index (χ1v) is 5.35. The van der Waals surface area contributed by atoms with Crippen molar-refractivity contribution >= 4 is 24.3 Å². The highest BCUT2D eigenvalue weighted by atomic mass is 35.5. The third-order valence-electron chi connectivity index (χ3n) is 2.53. The van der Waals surface area contributed by atoms with E-state index in [0.717, 1.165) is 19.4 Å². The van der Waals surface area contributed by atoms with E-state index in [0.29, 0.717) is 13.0 Å². The van der Waals surface area contributed by atoms with Crippen molar-refractivity contribution in [1.82, 2.24) is 5.32 Å².